The van der Waals surface area contributed by atoms with Crippen molar-refractivity contribution in [3.05, 3.63) is 0 Å². The van der Waals surface area contributed by atoms with Crippen molar-refractivity contribution < 1.29 is 10.2 Å². The second kappa shape index (κ2) is 7.23. The van der Waals surface area contributed by atoms with E-state index in [1.54, 1.807) is 0 Å². The number of aliphatic hydroxyl groups excluding tert-OH is 2. The van der Waals surface area contributed by atoms with E-state index in [1.807, 2.05) is 18.9 Å². The van der Waals surface area contributed by atoms with Gasteiger partial charge in [-0.1, -0.05) is 6.92 Å². The fourth-order valence-electron chi connectivity index (χ4n) is 0.829. The third-order valence-corrected chi connectivity index (χ3v) is 1.99. The summed E-state index contributed by atoms with van der Waals surface area (Å²) in [5.41, 5.74) is 5.21. The fourth-order valence-corrected chi connectivity index (χ4v) is 0.829. The second-order valence-electron chi connectivity index (χ2n) is 3.10. The van der Waals surface area contributed by atoms with Gasteiger partial charge < -0.3 is 21.3 Å². The van der Waals surface area contributed by atoms with Crippen molar-refractivity contribution in [1.82, 2.24) is 10.2 Å². The second-order valence-corrected chi connectivity index (χ2v) is 3.10. The lowest BCUT2D eigenvalue weighted by Crippen LogP contribution is -2.42. The molecule has 0 aliphatic heterocycles. The molecule has 0 aliphatic carbocycles. The number of nitrogens with two attached hydrogens (primary N) is 1. The first-order valence-corrected chi connectivity index (χ1v) is 4.59. The molecule has 0 saturated carbocycles. The lowest BCUT2D eigenvalue weighted by atomic mass is 10.3. The Morgan fingerprint density at radius 3 is 2.46 bits per heavy atom. The molecule has 0 aliphatic rings. The van der Waals surface area contributed by atoms with E-state index < -0.39 is 12.3 Å². The Morgan fingerprint density at radius 2 is 2.00 bits per heavy atom. The van der Waals surface area contributed by atoms with E-state index in [0.29, 0.717) is 13.1 Å². The van der Waals surface area contributed by atoms with Crippen LogP contribution in [0.25, 0.3) is 0 Å². The first-order valence-electron chi connectivity index (χ1n) is 4.59. The van der Waals surface area contributed by atoms with Crippen LogP contribution in [-0.4, -0.2) is 60.7 Å². The molecule has 0 amide bonds. The summed E-state index contributed by atoms with van der Waals surface area (Å²) in [4.78, 5) is 1.81. The van der Waals surface area contributed by atoms with Gasteiger partial charge in [-0.05, 0) is 13.6 Å². The summed E-state index contributed by atoms with van der Waals surface area (Å²) < 4.78 is 0. The zero-order chi connectivity index (χ0) is 10.3. The van der Waals surface area contributed by atoms with Gasteiger partial charge in [0.05, 0.1) is 6.10 Å². The topological polar surface area (TPSA) is 81.8 Å². The summed E-state index contributed by atoms with van der Waals surface area (Å²) in [6, 6.07) is 0. The van der Waals surface area contributed by atoms with Gasteiger partial charge in [-0.25, -0.2) is 0 Å². The largest absolute Gasteiger partial charge is 0.390 e. The Kier molecular flexibility index (Phi) is 7.12. The summed E-state index contributed by atoms with van der Waals surface area (Å²) in [6.45, 7) is 3.87. The predicted octanol–water partition coefficient (Wildman–Crippen LogP) is -1.83. The van der Waals surface area contributed by atoms with Gasteiger partial charge in [0.2, 0.25) is 0 Å². The Bertz CT molecular complexity index is 124. The van der Waals surface area contributed by atoms with E-state index in [2.05, 4.69) is 5.32 Å². The van der Waals surface area contributed by atoms with Gasteiger partial charge in [0.1, 0.15) is 6.23 Å². The van der Waals surface area contributed by atoms with E-state index in [1.165, 1.54) is 0 Å². The molecule has 0 aromatic rings. The summed E-state index contributed by atoms with van der Waals surface area (Å²) in [7, 11) is 1.84. The summed E-state index contributed by atoms with van der Waals surface area (Å²) in [5.74, 6) is 0. The van der Waals surface area contributed by atoms with Crippen molar-refractivity contribution in [2.75, 3.05) is 33.2 Å². The first-order chi connectivity index (χ1) is 6.11. The van der Waals surface area contributed by atoms with Gasteiger partial charge in [-0.15, -0.1) is 0 Å². The monoisotopic (exact) mass is 191 g/mol. The highest BCUT2D eigenvalue weighted by molar-refractivity contribution is 4.63. The van der Waals surface area contributed by atoms with Crippen LogP contribution in [0.1, 0.15) is 6.92 Å². The van der Waals surface area contributed by atoms with Crippen molar-refractivity contribution in [1.29, 1.82) is 0 Å². The number of rotatable bonds is 7. The van der Waals surface area contributed by atoms with Crippen molar-refractivity contribution in [3.63, 3.8) is 0 Å². The molecule has 0 saturated heterocycles. The van der Waals surface area contributed by atoms with Gasteiger partial charge >= 0.3 is 0 Å². The predicted molar refractivity (Wildman–Crippen MR) is 52.2 cm³/mol. The molecule has 0 spiro atoms. The molecule has 0 radical (unpaired) electrons. The summed E-state index contributed by atoms with van der Waals surface area (Å²) >= 11 is 0. The van der Waals surface area contributed by atoms with E-state index in [9.17, 15) is 5.11 Å². The molecule has 5 N–H and O–H groups in total. The molecule has 0 rings (SSSR count). The third kappa shape index (κ3) is 5.95. The fraction of sp³-hybridized carbons (Fsp3) is 1.00. The highest BCUT2D eigenvalue weighted by atomic mass is 16.3. The quantitative estimate of drug-likeness (QED) is 0.356. The average molecular weight is 191 g/mol. The molecule has 2 unspecified atom stereocenters. The maximum Gasteiger partial charge on any atom is 0.119 e. The molecule has 0 aromatic heterocycles. The maximum absolute atomic E-state index is 9.45. The molecular formula is C8H21N3O2. The highest BCUT2D eigenvalue weighted by Crippen LogP contribution is 1.88. The minimum Gasteiger partial charge on any atom is -0.390 e. The van der Waals surface area contributed by atoms with Crippen LogP contribution < -0.4 is 11.1 Å². The lowest BCUT2D eigenvalue weighted by molar-refractivity contribution is 0.0245. The van der Waals surface area contributed by atoms with Gasteiger partial charge in [-0.2, -0.15) is 0 Å². The Hall–Kier alpha value is -0.200. The molecule has 0 heterocycles. The zero-order valence-corrected chi connectivity index (χ0v) is 8.40. The standard InChI is InChI=1S/C8H21N3O2/c1-3-11(2)8(13)6-10-5-7(12)4-9/h7-8,10,12-13H,3-6,9H2,1-2H3. The Labute approximate surface area is 79.5 Å². The minimum absolute atomic E-state index is 0.243. The van der Waals surface area contributed by atoms with E-state index in [0.717, 1.165) is 6.54 Å². The molecule has 0 bridgehead atoms. The lowest BCUT2D eigenvalue weighted by Gasteiger charge is -2.22. The van der Waals surface area contributed by atoms with Crippen LogP contribution in [0.5, 0.6) is 0 Å². The van der Waals surface area contributed by atoms with Crippen molar-refractivity contribution in [2.24, 2.45) is 5.73 Å². The van der Waals surface area contributed by atoms with Gasteiger partial charge in [-0.3, -0.25) is 4.90 Å². The maximum atomic E-state index is 9.45. The molecule has 80 valence electrons. The van der Waals surface area contributed by atoms with E-state index in [4.69, 9.17) is 10.8 Å². The normalized spacial score (nSPS) is 16.2. The summed E-state index contributed by atoms with van der Waals surface area (Å²) in [6.07, 6.45) is -1.03. The average Bonchev–Trinajstić information content (AvgIpc) is 2.15. The van der Waals surface area contributed by atoms with Crippen LogP contribution in [0.15, 0.2) is 0 Å². The minimum atomic E-state index is -0.529. The van der Waals surface area contributed by atoms with Crippen LogP contribution in [0.3, 0.4) is 0 Å². The third-order valence-electron chi connectivity index (χ3n) is 1.99. The van der Waals surface area contributed by atoms with E-state index >= 15 is 0 Å². The highest BCUT2D eigenvalue weighted by Gasteiger charge is 2.08. The molecule has 5 nitrogen and oxygen atoms in total. The van der Waals surface area contributed by atoms with Gasteiger partial charge in [0, 0.05) is 19.6 Å². The van der Waals surface area contributed by atoms with Gasteiger partial charge in [0.25, 0.3) is 0 Å². The molecular weight excluding hydrogens is 170 g/mol. The molecule has 0 fully saturated rings. The van der Waals surface area contributed by atoms with E-state index in [-0.39, 0.29) is 6.54 Å². The number of aliphatic hydroxyl groups is 2. The number of nitrogens with one attached hydrogen (secondary N) is 1. The zero-order valence-electron chi connectivity index (χ0n) is 8.40. The SMILES string of the molecule is CCN(C)C(O)CNCC(O)CN. The Morgan fingerprint density at radius 1 is 1.38 bits per heavy atom. The van der Waals surface area contributed by atoms with Crippen molar-refractivity contribution in [3.8, 4) is 0 Å². The van der Waals surface area contributed by atoms with Gasteiger partial charge in [0.15, 0.2) is 0 Å². The van der Waals surface area contributed by atoms with Crippen molar-refractivity contribution in [2.45, 2.75) is 19.3 Å². The first kappa shape index (κ1) is 12.8. The number of likely N-dealkylation sites (N-methyl/N-ethyl adjacent to an activating group) is 1. The van der Waals surface area contributed by atoms with Crippen LogP contribution in [-0.2, 0) is 0 Å². The molecule has 5 heteroatoms. The smallest absolute Gasteiger partial charge is 0.119 e. The molecule has 13 heavy (non-hydrogen) atoms. The Balaban J connectivity index is 3.41. The number of hydrogen-bond acceptors (Lipinski definition) is 5. The molecule has 0 aromatic carbocycles. The van der Waals surface area contributed by atoms with Crippen LogP contribution >= 0.6 is 0 Å². The van der Waals surface area contributed by atoms with Crippen molar-refractivity contribution >= 4 is 0 Å². The molecule has 2 atom stereocenters. The van der Waals surface area contributed by atoms with Crippen LogP contribution in [0.4, 0.5) is 0 Å². The van der Waals surface area contributed by atoms with Crippen LogP contribution in [0.2, 0.25) is 0 Å². The number of nitrogens with zero attached hydrogens (tertiary/aromatic N) is 1. The van der Waals surface area contributed by atoms with Crippen LogP contribution in [0, 0.1) is 0 Å². The summed E-state index contributed by atoms with van der Waals surface area (Å²) in [5, 5.41) is 21.5. The number of hydrogen-bond donors (Lipinski definition) is 4.